The lowest BCUT2D eigenvalue weighted by molar-refractivity contribution is -0.119. The van der Waals surface area contributed by atoms with Crippen LogP contribution in [0.3, 0.4) is 0 Å². The van der Waals surface area contributed by atoms with Gasteiger partial charge in [-0.05, 0) is 25.0 Å². The Bertz CT molecular complexity index is 488. The van der Waals surface area contributed by atoms with E-state index >= 15 is 0 Å². The van der Waals surface area contributed by atoms with E-state index in [-0.39, 0.29) is 30.1 Å². The molecule has 4 N–H and O–H groups in total. The molecule has 116 valence electrons. The molecule has 1 saturated carbocycles. The molecule has 0 atom stereocenters. The molecule has 1 aromatic rings. The first-order valence-corrected chi connectivity index (χ1v) is 7.10. The standard InChI is InChI=1S/C15H21N3O2.ClH/c16-9-10-17-15(20)12-7-3-4-8-13(12)18-14(19)11-5-1-2-6-11;/h3-4,7-8,11H,1-2,5-6,9-10,16H2,(H,17,20)(H,18,19);1H. The summed E-state index contributed by atoms with van der Waals surface area (Å²) in [6.07, 6.45) is 4.09. The highest BCUT2D eigenvalue weighted by Gasteiger charge is 2.23. The lowest BCUT2D eigenvalue weighted by atomic mass is 10.1. The van der Waals surface area contributed by atoms with Crippen LogP contribution in [0.5, 0.6) is 0 Å². The van der Waals surface area contributed by atoms with Gasteiger partial charge in [0, 0.05) is 19.0 Å². The van der Waals surface area contributed by atoms with E-state index in [9.17, 15) is 9.59 Å². The molecule has 1 aliphatic rings. The Kier molecular flexibility index (Phi) is 7.19. The second-order valence-electron chi connectivity index (χ2n) is 5.06. The Morgan fingerprint density at radius 1 is 1.19 bits per heavy atom. The quantitative estimate of drug-likeness (QED) is 0.777. The molecule has 1 aliphatic carbocycles. The normalized spacial score (nSPS) is 14.3. The highest BCUT2D eigenvalue weighted by atomic mass is 35.5. The van der Waals surface area contributed by atoms with E-state index < -0.39 is 0 Å². The first kappa shape index (κ1) is 17.5. The van der Waals surface area contributed by atoms with Crippen molar-refractivity contribution in [2.75, 3.05) is 18.4 Å². The average Bonchev–Trinajstić information content (AvgIpc) is 2.99. The van der Waals surface area contributed by atoms with Crippen molar-refractivity contribution in [1.29, 1.82) is 0 Å². The monoisotopic (exact) mass is 311 g/mol. The number of hydrogen-bond donors (Lipinski definition) is 3. The van der Waals surface area contributed by atoms with Gasteiger partial charge in [0.2, 0.25) is 5.91 Å². The molecule has 0 heterocycles. The number of carbonyl (C=O) groups excluding carboxylic acids is 2. The molecule has 5 nitrogen and oxygen atoms in total. The molecule has 21 heavy (non-hydrogen) atoms. The van der Waals surface area contributed by atoms with Crippen LogP contribution in [0.15, 0.2) is 24.3 Å². The molecule has 1 fully saturated rings. The minimum Gasteiger partial charge on any atom is -0.351 e. The van der Waals surface area contributed by atoms with Crippen LogP contribution in [0.2, 0.25) is 0 Å². The zero-order chi connectivity index (χ0) is 14.4. The average molecular weight is 312 g/mol. The van der Waals surface area contributed by atoms with Crippen LogP contribution < -0.4 is 16.4 Å². The molecule has 0 aliphatic heterocycles. The number of halogens is 1. The van der Waals surface area contributed by atoms with E-state index in [1.54, 1.807) is 18.2 Å². The second kappa shape index (κ2) is 8.64. The van der Waals surface area contributed by atoms with E-state index in [2.05, 4.69) is 10.6 Å². The molecule has 0 aromatic heterocycles. The van der Waals surface area contributed by atoms with Gasteiger partial charge in [0.15, 0.2) is 0 Å². The minimum atomic E-state index is -0.210. The van der Waals surface area contributed by atoms with E-state index in [1.807, 2.05) is 6.07 Å². The van der Waals surface area contributed by atoms with Crippen molar-refractivity contribution in [1.82, 2.24) is 5.32 Å². The van der Waals surface area contributed by atoms with Crippen LogP contribution in [0.25, 0.3) is 0 Å². The minimum absolute atomic E-state index is 0. The SMILES string of the molecule is Cl.NCCNC(=O)c1ccccc1NC(=O)C1CCCC1. The van der Waals surface area contributed by atoms with Crippen molar-refractivity contribution in [2.45, 2.75) is 25.7 Å². The van der Waals surface area contributed by atoms with E-state index in [0.29, 0.717) is 24.3 Å². The smallest absolute Gasteiger partial charge is 0.253 e. The van der Waals surface area contributed by atoms with Crippen LogP contribution in [0, 0.1) is 5.92 Å². The van der Waals surface area contributed by atoms with Gasteiger partial charge in [-0.15, -0.1) is 12.4 Å². The molecule has 0 bridgehead atoms. The molecule has 1 aromatic carbocycles. The fraction of sp³-hybridized carbons (Fsp3) is 0.467. The Balaban J connectivity index is 0.00000220. The van der Waals surface area contributed by atoms with Crippen molar-refractivity contribution in [3.63, 3.8) is 0 Å². The summed E-state index contributed by atoms with van der Waals surface area (Å²) in [6, 6.07) is 7.05. The largest absolute Gasteiger partial charge is 0.351 e. The van der Waals surface area contributed by atoms with Gasteiger partial charge in [0.25, 0.3) is 5.91 Å². The Morgan fingerprint density at radius 3 is 2.52 bits per heavy atom. The zero-order valence-corrected chi connectivity index (χ0v) is 12.7. The van der Waals surface area contributed by atoms with Gasteiger partial charge in [-0.25, -0.2) is 0 Å². The fourth-order valence-corrected chi connectivity index (χ4v) is 2.49. The Hall–Kier alpha value is -1.59. The van der Waals surface area contributed by atoms with Gasteiger partial charge in [0.05, 0.1) is 11.3 Å². The lowest BCUT2D eigenvalue weighted by Crippen LogP contribution is -2.30. The number of hydrogen-bond acceptors (Lipinski definition) is 3. The zero-order valence-electron chi connectivity index (χ0n) is 11.9. The molecular formula is C15H22ClN3O2. The predicted octanol–water partition coefficient (Wildman–Crippen LogP) is 1.93. The number of rotatable bonds is 5. The van der Waals surface area contributed by atoms with Crippen molar-refractivity contribution in [2.24, 2.45) is 11.7 Å². The molecule has 6 heteroatoms. The van der Waals surface area contributed by atoms with Crippen molar-refractivity contribution in [3.8, 4) is 0 Å². The van der Waals surface area contributed by atoms with Crippen LogP contribution in [-0.4, -0.2) is 24.9 Å². The van der Waals surface area contributed by atoms with Crippen LogP contribution in [0.4, 0.5) is 5.69 Å². The highest BCUT2D eigenvalue weighted by molar-refractivity contribution is 6.04. The van der Waals surface area contributed by atoms with Crippen molar-refractivity contribution >= 4 is 29.9 Å². The van der Waals surface area contributed by atoms with E-state index in [4.69, 9.17) is 5.73 Å². The van der Waals surface area contributed by atoms with Crippen molar-refractivity contribution < 1.29 is 9.59 Å². The predicted molar refractivity (Wildman–Crippen MR) is 85.7 cm³/mol. The summed E-state index contributed by atoms with van der Waals surface area (Å²) in [4.78, 5) is 24.1. The lowest BCUT2D eigenvalue weighted by Gasteiger charge is -2.13. The first-order valence-electron chi connectivity index (χ1n) is 7.10. The summed E-state index contributed by atoms with van der Waals surface area (Å²) in [7, 11) is 0. The van der Waals surface area contributed by atoms with Gasteiger partial charge < -0.3 is 16.4 Å². The van der Waals surface area contributed by atoms with Gasteiger partial charge >= 0.3 is 0 Å². The Labute approximate surface area is 131 Å². The summed E-state index contributed by atoms with van der Waals surface area (Å²) >= 11 is 0. The van der Waals surface area contributed by atoms with Crippen LogP contribution in [-0.2, 0) is 4.79 Å². The van der Waals surface area contributed by atoms with Gasteiger partial charge in [-0.1, -0.05) is 25.0 Å². The number of carbonyl (C=O) groups is 2. The molecule has 0 radical (unpaired) electrons. The summed E-state index contributed by atoms with van der Waals surface area (Å²) in [5.74, 6) is -0.116. The van der Waals surface area contributed by atoms with Gasteiger partial charge in [0.1, 0.15) is 0 Å². The summed E-state index contributed by atoms with van der Waals surface area (Å²) in [6.45, 7) is 0.812. The highest BCUT2D eigenvalue weighted by Crippen LogP contribution is 2.26. The molecule has 0 spiro atoms. The molecule has 2 rings (SSSR count). The number of para-hydroxylation sites is 1. The van der Waals surface area contributed by atoms with Crippen LogP contribution in [0.1, 0.15) is 36.0 Å². The molecule has 0 unspecified atom stereocenters. The summed E-state index contributed by atoms with van der Waals surface area (Å²) in [5, 5.41) is 5.60. The third-order valence-corrected chi connectivity index (χ3v) is 3.59. The van der Waals surface area contributed by atoms with Gasteiger partial charge in [-0.3, -0.25) is 9.59 Å². The summed E-state index contributed by atoms with van der Waals surface area (Å²) < 4.78 is 0. The third kappa shape index (κ3) is 4.72. The number of amides is 2. The maximum atomic E-state index is 12.1. The summed E-state index contributed by atoms with van der Waals surface area (Å²) in [5.41, 5.74) is 6.42. The molecular weight excluding hydrogens is 290 g/mol. The molecule has 0 saturated heterocycles. The molecule has 2 amide bonds. The second-order valence-corrected chi connectivity index (χ2v) is 5.06. The first-order chi connectivity index (χ1) is 9.72. The fourth-order valence-electron chi connectivity index (χ4n) is 2.49. The number of anilines is 1. The maximum Gasteiger partial charge on any atom is 0.253 e. The van der Waals surface area contributed by atoms with Crippen molar-refractivity contribution in [3.05, 3.63) is 29.8 Å². The number of nitrogens with one attached hydrogen (secondary N) is 2. The third-order valence-electron chi connectivity index (χ3n) is 3.59. The maximum absolute atomic E-state index is 12.1. The number of nitrogens with two attached hydrogens (primary N) is 1. The van der Waals surface area contributed by atoms with Gasteiger partial charge in [-0.2, -0.15) is 0 Å². The number of benzene rings is 1. The van der Waals surface area contributed by atoms with E-state index in [1.165, 1.54) is 0 Å². The topological polar surface area (TPSA) is 84.2 Å². The van der Waals surface area contributed by atoms with E-state index in [0.717, 1.165) is 25.7 Å². The van der Waals surface area contributed by atoms with Crippen LogP contribution >= 0.6 is 12.4 Å². The Morgan fingerprint density at radius 2 is 1.86 bits per heavy atom.